The Balaban J connectivity index is 1.45. The standard InChI is InChI=1S/C20H22N2O3/c1-2-25-17-6-3-14(4-7-17)12-19(23)21-10-9-15-5-8-18-16(11-15)13-20(24)22-18/h3-8,11H,2,9-10,12-13H2,1H3,(H,21,23)(H,22,24). The van der Waals surface area contributed by atoms with Gasteiger partial charge in [-0.1, -0.05) is 24.3 Å². The highest BCUT2D eigenvalue weighted by Gasteiger charge is 2.17. The van der Waals surface area contributed by atoms with Crippen LogP contribution in [0.4, 0.5) is 5.69 Å². The molecule has 0 fully saturated rings. The molecule has 0 unspecified atom stereocenters. The van der Waals surface area contributed by atoms with Crippen molar-refractivity contribution in [2.45, 2.75) is 26.2 Å². The molecule has 5 nitrogen and oxygen atoms in total. The normalized spacial score (nSPS) is 12.4. The summed E-state index contributed by atoms with van der Waals surface area (Å²) in [6, 6.07) is 13.5. The molecule has 0 aliphatic carbocycles. The molecule has 5 heteroatoms. The van der Waals surface area contributed by atoms with Gasteiger partial charge in [-0.3, -0.25) is 9.59 Å². The van der Waals surface area contributed by atoms with Gasteiger partial charge in [-0.25, -0.2) is 0 Å². The number of hydrogen-bond donors (Lipinski definition) is 2. The first-order valence-corrected chi connectivity index (χ1v) is 8.54. The van der Waals surface area contributed by atoms with Gasteiger partial charge in [0.2, 0.25) is 11.8 Å². The summed E-state index contributed by atoms with van der Waals surface area (Å²) in [6.07, 6.45) is 1.54. The smallest absolute Gasteiger partial charge is 0.228 e. The van der Waals surface area contributed by atoms with Crippen LogP contribution in [0.15, 0.2) is 42.5 Å². The Kier molecular flexibility index (Phi) is 5.33. The van der Waals surface area contributed by atoms with Gasteiger partial charge >= 0.3 is 0 Å². The predicted molar refractivity (Wildman–Crippen MR) is 96.8 cm³/mol. The van der Waals surface area contributed by atoms with E-state index >= 15 is 0 Å². The van der Waals surface area contributed by atoms with Crippen LogP contribution in [-0.2, 0) is 28.9 Å². The van der Waals surface area contributed by atoms with Crippen LogP contribution in [0, 0.1) is 0 Å². The Morgan fingerprint density at radius 3 is 2.68 bits per heavy atom. The van der Waals surface area contributed by atoms with Gasteiger partial charge in [0.25, 0.3) is 0 Å². The van der Waals surface area contributed by atoms with Crippen molar-refractivity contribution >= 4 is 17.5 Å². The molecule has 3 rings (SSSR count). The van der Waals surface area contributed by atoms with Crippen LogP contribution >= 0.6 is 0 Å². The van der Waals surface area contributed by atoms with Crippen LogP contribution in [0.5, 0.6) is 5.75 Å². The van der Waals surface area contributed by atoms with Gasteiger partial charge in [0.15, 0.2) is 0 Å². The lowest BCUT2D eigenvalue weighted by Gasteiger charge is -2.08. The molecule has 0 radical (unpaired) electrons. The lowest BCUT2D eigenvalue weighted by atomic mass is 10.1. The van der Waals surface area contributed by atoms with Crippen LogP contribution < -0.4 is 15.4 Å². The monoisotopic (exact) mass is 338 g/mol. The second kappa shape index (κ2) is 7.83. The maximum absolute atomic E-state index is 12.0. The van der Waals surface area contributed by atoms with E-state index in [2.05, 4.69) is 10.6 Å². The van der Waals surface area contributed by atoms with Gasteiger partial charge in [-0.2, -0.15) is 0 Å². The number of carbonyl (C=O) groups excluding carboxylic acids is 2. The molecule has 130 valence electrons. The first-order chi connectivity index (χ1) is 12.1. The fourth-order valence-corrected chi connectivity index (χ4v) is 2.90. The molecule has 2 aromatic rings. The van der Waals surface area contributed by atoms with Gasteiger partial charge in [-0.15, -0.1) is 0 Å². The molecule has 0 saturated heterocycles. The van der Waals surface area contributed by atoms with Crippen LogP contribution in [0.2, 0.25) is 0 Å². The molecule has 2 amide bonds. The number of rotatable bonds is 7. The number of amides is 2. The molecule has 1 aliphatic rings. The molecular formula is C20H22N2O3. The van der Waals surface area contributed by atoms with E-state index in [4.69, 9.17) is 4.74 Å². The van der Waals surface area contributed by atoms with E-state index in [1.165, 1.54) is 0 Å². The summed E-state index contributed by atoms with van der Waals surface area (Å²) in [5.74, 6) is 0.856. The summed E-state index contributed by atoms with van der Waals surface area (Å²) < 4.78 is 5.39. The molecule has 0 bridgehead atoms. The molecule has 2 aromatic carbocycles. The zero-order chi connectivity index (χ0) is 17.6. The third-order valence-electron chi connectivity index (χ3n) is 4.13. The largest absolute Gasteiger partial charge is 0.494 e. The predicted octanol–water partition coefficient (Wildman–Crippen LogP) is 2.48. The van der Waals surface area contributed by atoms with Crippen LogP contribution in [0.25, 0.3) is 0 Å². The first kappa shape index (κ1) is 17.0. The quantitative estimate of drug-likeness (QED) is 0.815. The van der Waals surface area contributed by atoms with E-state index in [9.17, 15) is 9.59 Å². The number of nitrogens with one attached hydrogen (secondary N) is 2. The summed E-state index contributed by atoms with van der Waals surface area (Å²) in [7, 11) is 0. The molecular weight excluding hydrogens is 316 g/mol. The molecule has 0 aromatic heterocycles. The summed E-state index contributed by atoms with van der Waals surface area (Å²) in [6.45, 7) is 3.15. The van der Waals surface area contributed by atoms with Gasteiger partial charge in [0.05, 0.1) is 19.4 Å². The van der Waals surface area contributed by atoms with Gasteiger partial charge in [-0.05, 0) is 48.2 Å². The lowest BCUT2D eigenvalue weighted by molar-refractivity contribution is -0.120. The Morgan fingerprint density at radius 1 is 1.16 bits per heavy atom. The minimum atomic E-state index is 0.00200. The van der Waals surface area contributed by atoms with Crippen LogP contribution in [0.3, 0.4) is 0 Å². The van der Waals surface area contributed by atoms with Crippen molar-refractivity contribution in [3.05, 3.63) is 59.2 Å². The zero-order valence-electron chi connectivity index (χ0n) is 14.3. The molecule has 0 atom stereocenters. The van der Waals surface area contributed by atoms with Gasteiger partial charge < -0.3 is 15.4 Å². The summed E-state index contributed by atoms with van der Waals surface area (Å²) in [4.78, 5) is 23.4. The SMILES string of the molecule is CCOc1ccc(CC(=O)NCCc2ccc3c(c2)CC(=O)N3)cc1. The Labute approximate surface area is 147 Å². The van der Waals surface area contributed by atoms with Gasteiger partial charge in [0.1, 0.15) is 5.75 Å². The molecule has 25 heavy (non-hydrogen) atoms. The van der Waals surface area contributed by atoms with Crippen molar-refractivity contribution in [1.82, 2.24) is 5.32 Å². The molecule has 0 saturated carbocycles. The van der Waals surface area contributed by atoms with Crippen molar-refractivity contribution in [3.8, 4) is 5.75 Å². The number of hydrogen-bond acceptors (Lipinski definition) is 3. The number of benzene rings is 2. The van der Waals surface area contributed by atoms with E-state index < -0.39 is 0 Å². The summed E-state index contributed by atoms with van der Waals surface area (Å²) in [5, 5.41) is 5.76. The number of ether oxygens (including phenoxy) is 1. The fourth-order valence-electron chi connectivity index (χ4n) is 2.90. The highest BCUT2D eigenvalue weighted by Crippen LogP contribution is 2.23. The molecule has 2 N–H and O–H groups in total. The Bertz CT molecular complexity index is 769. The molecule has 1 aliphatic heterocycles. The number of carbonyl (C=O) groups is 2. The second-order valence-corrected chi connectivity index (χ2v) is 6.07. The second-order valence-electron chi connectivity index (χ2n) is 6.07. The van der Waals surface area contributed by atoms with E-state index in [0.717, 1.165) is 34.5 Å². The summed E-state index contributed by atoms with van der Waals surface area (Å²) >= 11 is 0. The molecule has 0 spiro atoms. The summed E-state index contributed by atoms with van der Waals surface area (Å²) in [5.41, 5.74) is 4.01. The maximum Gasteiger partial charge on any atom is 0.228 e. The number of anilines is 1. The van der Waals surface area contributed by atoms with Crippen molar-refractivity contribution in [1.29, 1.82) is 0 Å². The third-order valence-corrected chi connectivity index (χ3v) is 4.13. The van der Waals surface area contributed by atoms with E-state index in [0.29, 0.717) is 26.0 Å². The third kappa shape index (κ3) is 4.59. The van der Waals surface area contributed by atoms with E-state index in [1.54, 1.807) is 0 Å². The topological polar surface area (TPSA) is 67.4 Å². The van der Waals surface area contributed by atoms with Crippen LogP contribution in [0.1, 0.15) is 23.6 Å². The highest BCUT2D eigenvalue weighted by atomic mass is 16.5. The van der Waals surface area contributed by atoms with Gasteiger partial charge in [0, 0.05) is 12.2 Å². The Hall–Kier alpha value is -2.82. The van der Waals surface area contributed by atoms with Crippen LogP contribution in [-0.4, -0.2) is 25.0 Å². The van der Waals surface area contributed by atoms with Crippen molar-refractivity contribution in [2.24, 2.45) is 0 Å². The minimum absolute atomic E-state index is 0.00200. The fraction of sp³-hybridized carbons (Fsp3) is 0.300. The lowest BCUT2D eigenvalue weighted by Crippen LogP contribution is -2.27. The van der Waals surface area contributed by atoms with Crippen molar-refractivity contribution in [2.75, 3.05) is 18.5 Å². The van der Waals surface area contributed by atoms with Crippen molar-refractivity contribution < 1.29 is 14.3 Å². The minimum Gasteiger partial charge on any atom is -0.494 e. The maximum atomic E-state index is 12.0. The van der Waals surface area contributed by atoms with E-state index in [-0.39, 0.29) is 11.8 Å². The van der Waals surface area contributed by atoms with Crippen molar-refractivity contribution in [3.63, 3.8) is 0 Å². The number of fused-ring (bicyclic) bond motifs is 1. The average Bonchev–Trinajstić information content (AvgIpc) is 2.96. The first-order valence-electron chi connectivity index (χ1n) is 8.54. The highest BCUT2D eigenvalue weighted by molar-refractivity contribution is 5.99. The average molecular weight is 338 g/mol. The zero-order valence-corrected chi connectivity index (χ0v) is 14.3. The van der Waals surface area contributed by atoms with E-state index in [1.807, 2.05) is 49.4 Å². The molecule has 1 heterocycles. The Morgan fingerprint density at radius 2 is 1.92 bits per heavy atom.